The lowest BCUT2D eigenvalue weighted by Gasteiger charge is -2.72. The van der Waals surface area contributed by atoms with Crippen molar-refractivity contribution in [1.82, 2.24) is 0 Å². The molecular weight excluding hydrogens is 1020 g/mol. The van der Waals surface area contributed by atoms with Crippen LogP contribution in [0.2, 0.25) is 0 Å². The van der Waals surface area contributed by atoms with Crippen molar-refractivity contribution in [3.8, 4) is 17.2 Å². The minimum Gasteiger partial charge on any atom is -0.502 e. The van der Waals surface area contributed by atoms with Gasteiger partial charge in [0.2, 0.25) is 5.75 Å². The Morgan fingerprint density at radius 2 is 1.36 bits per heavy atom. The Hall–Kier alpha value is -3.59. The first-order chi connectivity index (χ1) is 36.6. The van der Waals surface area contributed by atoms with E-state index in [1.165, 1.54) is 33.3 Å². The molecule has 3 heterocycles. The molecule has 0 radical (unpaired) electrons. The molecule has 0 bridgehead atoms. The maximum atomic E-state index is 14.2. The SMILES string of the molecule is COc1cc(C(=O)OC2CC(C)(CO)C=C3C4CCC5C6(C=O)CCC(OC7OC(C(=O)O)C(O)C(O)C7OC7OCC(O)C(O)C7OC7OC(C)C(O)C(O)C7O)C(C)(C)C6CCC5(C)C4(C)CCC32C)cc(OC)c1O. The summed E-state index contributed by atoms with van der Waals surface area (Å²) in [6.45, 7) is 13.5. The molecule has 4 saturated carbocycles. The van der Waals surface area contributed by atoms with E-state index >= 15 is 0 Å². The molecule has 0 amide bonds. The Bertz CT molecular complexity index is 2410. The first-order valence-corrected chi connectivity index (χ1v) is 27.4. The fourth-order valence-corrected chi connectivity index (χ4v) is 16.0. The van der Waals surface area contributed by atoms with Gasteiger partial charge in [-0.25, -0.2) is 9.59 Å². The summed E-state index contributed by atoms with van der Waals surface area (Å²) in [5, 5.41) is 108. The average Bonchev–Trinajstić information content (AvgIpc) is 3.58. The van der Waals surface area contributed by atoms with E-state index in [4.69, 9.17) is 42.6 Å². The van der Waals surface area contributed by atoms with Gasteiger partial charge in [-0.2, -0.15) is 0 Å². The highest BCUT2D eigenvalue weighted by Crippen LogP contribution is 2.76. The van der Waals surface area contributed by atoms with Gasteiger partial charge in [0.05, 0.1) is 45.2 Å². The fraction of sp³-hybridized carbons (Fsp3) is 0.804. The Kier molecular flexibility index (Phi) is 16.1. The second-order valence-corrected chi connectivity index (χ2v) is 25.4. The molecule has 8 aliphatic rings. The number of fused-ring (bicyclic) bond motifs is 7. The molecule has 24 atom stereocenters. The molecule has 1 aromatic carbocycles. The van der Waals surface area contributed by atoms with Crippen LogP contribution in [0.15, 0.2) is 23.8 Å². The first-order valence-electron chi connectivity index (χ1n) is 27.4. The zero-order valence-electron chi connectivity index (χ0n) is 45.9. The van der Waals surface area contributed by atoms with Crippen molar-refractivity contribution in [3.63, 3.8) is 0 Å². The van der Waals surface area contributed by atoms with Crippen LogP contribution < -0.4 is 9.47 Å². The molecular formula is C56H82O22. The minimum absolute atomic E-state index is 0.0156. The lowest BCUT2D eigenvalue weighted by Crippen LogP contribution is -2.68. The molecule has 10 N–H and O–H groups in total. The zero-order chi connectivity index (χ0) is 57.0. The maximum Gasteiger partial charge on any atom is 0.338 e. The molecule has 7 fully saturated rings. The van der Waals surface area contributed by atoms with Crippen LogP contribution in [0.5, 0.6) is 17.2 Å². The van der Waals surface area contributed by atoms with Gasteiger partial charge in [0.25, 0.3) is 0 Å². The van der Waals surface area contributed by atoms with Crippen molar-refractivity contribution >= 4 is 18.2 Å². The second-order valence-electron chi connectivity index (χ2n) is 25.4. The van der Waals surface area contributed by atoms with Crippen molar-refractivity contribution < 1.29 is 108 Å². The molecule has 24 unspecified atom stereocenters. The lowest BCUT2D eigenvalue weighted by molar-refractivity contribution is -0.386. The number of aliphatic hydroxyl groups excluding tert-OH is 8. The summed E-state index contributed by atoms with van der Waals surface area (Å²) in [6.07, 6.45) is -16.7. The van der Waals surface area contributed by atoms with Gasteiger partial charge in [0.1, 0.15) is 67.3 Å². The van der Waals surface area contributed by atoms with Crippen LogP contribution in [0.1, 0.15) is 117 Å². The number of aromatic hydroxyl groups is 1. The number of aldehydes is 1. The Morgan fingerprint density at radius 1 is 0.705 bits per heavy atom. The number of phenolic OH excluding ortho intramolecular Hbond substituents is 1. The van der Waals surface area contributed by atoms with Crippen LogP contribution in [-0.4, -0.2) is 195 Å². The highest BCUT2D eigenvalue weighted by atomic mass is 16.8. The van der Waals surface area contributed by atoms with E-state index in [1.807, 2.05) is 20.8 Å². The third kappa shape index (κ3) is 9.38. The molecule has 22 heteroatoms. The largest absolute Gasteiger partial charge is 0.502 e. The van der Waals surface area contributed by atoms with Crippen LogP contribution in [0.3, 0.4) is 0 Å². The van der Waals surface area contributed by atoms with Gasteiger partial charge in [0, 0.05) is 16.2 Å². The molecule has 0 spiro atoms. The molecule has 22 nitrogen and oxygen atoms in total. The van der Waals surface area contributed by atoms with E-state index in [9.17, 15) is 65.4 Å². The van der Waals surface area contributed by atoms with E-state index in [0.717, 1.165) is 31.1 Å². The van der Waals surface area contributed by atoms with Crippen molar-refractivity contribution in [1.29, 1.82) is 0 Å². The predicted octanol–water partition coefficient (Wildman–Crippen LogP) is 2.11. The monoisotopic (exact) mass is 1110 g/mol. The summed E-state index contributed by atoms with van der Waals surface area (Å²) in [5.41, 5.74) is -2.38. The van der Waals surface area contributed by atoms with Crippen LogP contribution in [-0.2, 0) is 42.7 Å². The Labute approximate surface area is 453 Å². The number of phenols is 1. The third-order valence-corrected chi connectivity index (χ3v) is 20.9. The second kappa shape index (κ2) is 21.3. The smallest absolute Gasteiger partial charge is 0.338 e. The summed E-state index contributed by atoms with van der Waals surface area (Å²) < 4.78 is 53.3. The normalized spacial score (nSPS) is 47.9. The minimum atomic E-state index is -2.05. The summed E-state index contributed by atoms with van der Waals surface area (Å²) in [6, 6.07) is 2.83. The van der Waals surface area contributed by atoms with Gasteiger partial charge < -0.3 is 98.5 Å². The Morgan fingerprint density at radius 3 is 1.99 bits per heavy atom. The third-order valence-electron chi connectivity index (χ3n) is 20.9. The first kappa shape index (κ1) is 59.0. The maximum absolute atomic E-state index is 14.2. The summed E-state index contributed by atoms with van der Waals surface area (Å²) in [7, 11) is 2.75. The van der Waals surface area contributed by atoms with E-state index in [0.29, 0.717) is 38.5 Å². The van der Waals surface area contributed by atoms with E-state index in [2.05, 4.69) is 26.8 Å². The van der Waals surface area contributed by atoms with Gasteiger partial charge in [-0.1, -0.05) is 53.2 Å². The average molecular weight is 1110 g/mol. The van der Waals surface area contributed by atoms with Crippen LogP contribution in [0, 0.1) is 50.2 Å². The molecule has 78 heavy (non-hydrogen) atoms. The lowest BCUT2D eigenvalue weighted by atomic mass is 9.32. The van der Waals surface area contributed by atoms with Gasteiger partial charge in [-0.15, -0.1) is 0 Å². The number of benzene rings is 1. The van der Waals surface area contributed by atoms with Crippen molar-refractivity contribution in [2.45, 2.75) is 204 Å². The van der Waals surface area contributed by atoms with E-state index in [-0.39, 0.29) is 58.0 Å². The molecule has 0 aromatic heterocycles. The number of carbonyl (C=O) groups excluding carboxylic acids is 2. The predicted molar refractivity (Wildman–Crippen MR) is 269 cm³/mol. The number of carboxylic acid groups (broad SMARTS) is 1. The molecule has 1 aromatic rings. The van der Waals surface area contributed by atoms with Crippen molar-refractivity contribution in [2.24, 2.45) is 50.2 Å². The van der Waals surface area contributed by atoms with E-state index in [1.54, 1.807) is 0 Å². The number of aliphatic hydroxyl groups is 8. The van der Waals surface area contributed by atoms with E-state index < -0.39 is 138 Å². The zero-order valence-corrected chi connectivity index (χ0v) is 45.9. The van der Waals surface area contributed by atoms with Gasteiger partial charge in [-0.3, -0.25) is 0 Å². The van der Waals surface area contributed by atoms with Crippen LogP contribution in [0.4, 0.5) is 0 Å². The van der Waals surface area contributed by atoms with Gasteiger partial charge in [0.15, 0.2) is 36.5 Å². The highest BCUT2D eigenvalue weighted by Gasteiger charge is 2.71. The summed E-state index contributed by atoms with van der Waals surface area (Å²) in [4.78, 5) is 40.9. The number of methoxy groups -OCH3 is 2. The molecule has 438 valence electrons. The topological polar surface area (TPSA) is 337 Å². The standard InChI is InChI=1S/C56H82O22/c1-25-36(60)39(63)42(66)48(73-25)77-44-37(61)29(59)22-72-49(44)78-45-41(65)40(64)43(46(67)68)76-50(45)75-34-13-15-56(24-58)32(51(34,2)3)12-14-55(7)33(56)11-10-27-28-20-52(4,23-57)21-35(53(28,5)16-17-54(27,55)6)74-47(69)26-18-30(70-8)38(62)31(19-26)71-9/h18-20,24-25,27,29,32-37,39-45,48-50,57,59-66H,10-17,21-23H2,1-9H3,(H,67,68). The number of ether oxygens (including phenoxy) is 9. The highest BCUT2D eigenvalue weighted by molar-refractivity contribution is 5.91. The molecule has 3 aliphatic heterocycles. The molecule has 9 rings (SSSR count). The quantitative estimate of drug-likeness (QED) is 0.0585. The number of hydrogen-bond donors (Lipinski definition) is 10. The van der Waals surface area contributed by atoms with Crippen molar-refractivity contribution in [2.75, 3.05) is 27.4 Å². The number of carbonyl (C=O) groups is 3. The number of aliphatic carboxylic acids is 1. The fourth-order valence-electron chi connectivity index (χ4n) is 16.0. The summed E-state index contributed by atoms with van der Waals surface area (Å²) >= 11 is 0. The van der Waals surface area contributed by atoms with Crippen LogP contribution in [0.25, 0.3) is 0 Å². The van der Waals surface area contributed by atoms with Crippen molar-refractivity contribution in [3.05, 3.63) is 29.3 Å². The number of hydrogen-bond acceptors (Lipinski definition) is 21. The van der Waals surface area contributed by atoms with Gasteiger partial charge >= 0.3 is 11.9 Å². The van der Waals surface area contributed by atoms with Gasteiger partial charge in [-0.05, 0) is 111 Å². The summed E-state index contributed by atoms with van der Waals surface area (Å²) in [5.74, 6) is -2.67. The number of carboxylic acids is 1. The molecule has 5 aliphatic carbocycles. The molecule has 3 saturated heterocycles. The number of esters is 1. The Balaban J connectivity index is 0.965. The van der Waals surface area contributed by atoms with Crippen LogP contribution >= 0.6 is 0 Å². The number of rotatable bonds is 13.